The fourth-order valence-electron chi connectivity index (χ4n) is 0.913. The summed E-state index contributed by atoms with van der Waals surface area (Å²) in [5.74, 6) is -0.863. The summed E-state index contributed by atoms with van der Waals surface area (Å²) in [6.07, 6.45) is 3.03. The van der Waals surface area contributed by atoms with Crippen LogP contribution in [0.3, 0.4) is 0 Å². The summed E-state index contributed by atoms with van der Waals surface area (Å²) in [7, 11) is 0. The fraction of sp³-hybridized carbons (Fsp3) is 0.750. The molecule has 4 nitrogen and oxygen atoms in total. The van der Waals surface area contributed by atoms with Gasteiger partial charge in [0.2, 0.25) is 5.91 Å². The molecule has 2 N–H and O–H groups in total. The molecule has 0 saturated carbocycles. The normalized spacial score (nSPS) is 12.2. The van der Waals surface area contributed by atoms with Crippen molar-refractivity contribution in [2.45, 2.75) is 25.8 Å². The van der Waals surface area contributed by atoms with Gasteiger partial charge in [0.1, 0.15) is 6.04 Å². The van der Waals surface area contributed by atoms with E-state index in [0.717, 1.165) is 6.42 Å². The lowest BCUT2D eigenvalue weighted by molar-refractivity contribution is -0.141. The summed E-state index contributed by atoms with van der Waals surface area (Å²) in [5.41, 5.74) is 0. The van der Waals surface area contributed by atoms with Gasteiger partial charge in [-0.3, -0.25) is 4.79 Å². The van der Waals surface area contributed by atoms with Crippen LogP contribution in [0.2, 0.25) is 0 Å². The van der Waals surface area contributed by atoms with Crippen molar-refractivity contribution in [3.8, 4) is 0 Å². The van der Waals surface area contributed by atoms with Crippen LogP contribution in [-0.4, -0.2) is 35.0 Å². The molecule has 0 aromatic rings. The third kappa shape index (κ3) is 5.52. The summed E-state index contributed by atoms with van der Waals surface area (Å²) in [6.45, 7) is 1.89. The molecule has 0 aliphatic carbocycles. The molecular formula is C8H15NO3S. The molecule has 0 unspecified atom stereocenters. The molecule has 76 valence electrons. The van der Waals surface area contributed by atoms with Crippen LogP contribution in [0.1, 0.15) is 19.8 Å². The van der Waals surface area contributed by atoms with E-state index in [9.17, 15) is 9.59 Å². The van der Waals surface area contributed by atoms with Crippen LogP contribution < -0.4 is 5.32 Å². The quantitative estimate of drug-likeness (QED) is 0.670. The fourth-order valence-corrected chi connectivity index (χ4v) is 1.26. The molecule has 0 rings (SSSR count). The maximum Gasteiger partial charge on any atom is 0.326 e. The zero-order chi connectivity index (χ0) is 10.3. The van der Waals surface area contributed by atoms with Gasteiger partial charge in [0, 0.05) is 0 Å². The third-order valence-corrected chi connectivity index (χ3v) is 2.04. The Morgan fingerprint density at radius 2 is 2.15 bits per heavy atom. The van der Waals surface area contributed by atoms with E-state index in [-0.39, 0.29) is 5.91 Å². The van der Waals surface area contributed by atoms with Gasteiger partial charge in [-0.15, -0.1) is 0 Å². The zero-order valence-electron chi connectivity index (χ0n) is 7.87. The number of nitrogens with one attached hydrogen (secondary N) is 1. The van der Waals surface area contributed by atoms with Crippen molar-refractivity contribution in [1.29, 1.82) is 0 Å². The van der Waals surface area contributed by atoms with Gasteiger partial charge in [-0.2, -0.15) is 11.8 Å². The maximum absolute atomic E-state index is 11.0. The molecule has 0 spiro atoms. The van der Waals surface area contributed by atoms with Crippen molar-refractivity contribution in [3.63, 3.8) is 0 Å². The first-order valence-corrected chi connectivity index (χ1v) is 5.52. The number of carbonyl (C=O) groups excluding carboxylic acids is 1. The number of amides is 1. The first kappa shape index (κ1) is 12.3. The van der Waals surface area contributed by atoms with Gasteiger partial charge in [0.05, 0.1) is 5.75 Å². The van der Waals surface area contributed by atoms with Gasteiger partial charge in [-0.25, -0.2) is 4.79 Å². The van der Waals surface area contributed by atoms with E-state index in [4.69, 9.17) is 5.11 Å². The summed E-state index contributed by atoms with van der Waals surface area (Å²) in [6, 6.07) is -0.732. The monoisotopic (exact) mass is 205 g/mol. The molecule has 1 amide bonds. The van der Waals surface area contributed by atoms with Gasteiger partial charge in [0.15, 0.2) is 0 Å². The summed E-state index contributed by atoms with van der Waals surface area (Å²) < 4.78 is 0. The highest BCUT2D eigenvalue weighted by atomic mass is 32.2. The maximum atomic E-state index is 11.0. The van der Waals surface area contributed by atoms with Gasteiger partial charge in [0.25, 0.3) is 0 Å². The number of carboxylic acid groups (broad SMARTS) is 1. The lowest BCUT2D eigenvalue weighted by atomic mass is 10.2. The minimum absolute atomic E-state index is 0.214. The number of hydrogen-bond donors (Lipinski definition) is 2. The molecule has 0 aliphatic rings. The number of hydrogen-bond acceptors (Lipinski definition) is 3. The van der Waals surface area contributed by atoms with E-state index in [0.29, 0.717) is 12.2 Å². The van der Waals surface area contributed by atoms with Gasteiger partial charge >= 0.3 is 5.97 Å². The highest BCUT2D eigenvalue weighted by Gasteiger charge is 2.17. The minimum Gasteiger partial charge on any atom is -0.480 e. The molecule has 0 heterocycles. The SMILES string of the molecule is CCC[C@H](NC(=O)CSC)C(=O)O. The Hall–Kier alpha value is -0.710. The van der Waals surface area contributed by atoms with Crippen LogP contribution in [0.5, 0.6) is 0 Å². The lowest BCUT2D eigenvalue weighted by Crippen LogP contribution is -2.41. The van der Waals surface area contributed by atoms with Crippen molar-refractivity contribution in [2.24, 2.45) is 0 Å². The molecule has 5 heteroatoms. The van der Waals surface area contributed by atoms with Crippen LogP contribution in [0.15, 0.2) is 0 Å². The van der Waals surface area contributed by atoms with Crippen LogP contribution in [-0.2, 0) is 9.59 Å². The Balaban J connectivity index is 3.94. The zero-order valence-corrected chi connectivity index (χ0v) is 8.69. The van der Waals surface area contributed by atoms with Crippen molar-refractivity contribution in [2.75, 3.05) is 12.0 Å². The summed E-state index contributed by atoms with van der Waals surface area (Å²) in [4.78, 5) is 21.6. The number of carbonyl (C=O) groups is 2. The second-order valence-electron chi connectivity index (χ2n) is 2.68. The van der Waals surface area contributed by atoms with Gasteiger partial charge in [-0.05, 0) is 12.7 Å². The van der Waals surface area contributed by atoms with Crippen molar-refractivity contribution >= 4 is 23.6 Å². The van der Waals surface area contributed by atoms with E-state index in [1.165, 1.54) is 11.8 Å². The predicted molar refractivity (Wildman–Crippen MR) is 52.9 cm³/mol. The topological polar surface area (TPSA) is 66.4 Å². The van der Waals surface area contributed by atoms with Crippen LogP contribution in [0.4, 0.5) is 0 Å². The summed E-state index contributed by atoms with van der Waals surface area (Å²) in [5, 5.41) is 11.2. The Bertz CT molecular complexity index is 184. The largest absolute Gasteiger partial charge is 0.480 e. The molecule has 0 aromatic carbocycles. The first-order chi connectivity index (χ1) is 6.11. The van der Waals surface area contributed by atoms with E-state index in [1.54, 1.807) is 6.26 Å². The van der Waals surface area contributed by atoms with Gasteiger partial charge in [-0.1, -0.05) is 13.3 Å². The Labute approximate surface area is 82.1 Å². The van der Waals surface area contributed by atoms with Crippen LogP contribution in [0.25, 0.3) is 0 Å². The van der Waals surface area contributed by atoms with E-state index in [1.807, 2.05) is 6.92 Å². The van der Waals surface area contributed by atoms with E-state index >= 15 is 0 Å². The molecule has 13 heavy (non-hydrogen) atoms. The third-order valence-electron chi connectivity index (χ3n) is 1.49. The predicted octanol–water partition coefficient (Wildman–Crippen LogP) is 0.719. The first-order valence-electron chi connectivity index (χ1n) is 4.13. The lowest BCUT2D eigenvalue weighted by Gasteiger charge is -2.12. The average Bonchev–Trinajstić information content (AvgIpc) is 2.04. The molecule has 0 fully saturated rings. The number of carboxylic acids is 1. The molecule has 0 saturated heterocycles. The minimum atomic E-state index is -0.962. The van der Waals surface area contributed by atoms with Crippen LogP contribution in [0, 0.1) is 0 Å². The second-order valence-corrected chi connectivity index (χ2v) is 3.55. The number of thioether (sulfide) groups is 1. The number of rotatable bonds is 6. The highest BCUT2D eigenvalue weighted by Crippen LogP contribution is 1.98. The molecule has 0 aliphatic heterocycles. The molecular weight excluding hydrogens is 190 g/mol. The van der Waals surface area contributed by atoms with Crippen LogP contribution >= 0.6 is 11.8 Å². The van der Waals surface area contributed by atoms with Crippen molar-refractivity contribution in [1.82, 2.24) is 5.32 Å². The van der Waals surface area contributed by atoms with Crippen molar-refractivity contribution in [3.05, 3.63) is 0 Å². The van der Waals surface area contributed by atoms with Gasteiger partial charge < -0.3 is 10.4 Å². The molecule has 0 aromatic heterocycles. The smallest absolute Gasteiger partial charge is 0.326 e. The van der Waals surface area contributed by atoms with Crippen molar-refractivity contribution < 1.29 is 14.7 Å². The number of aliphatic carboxylic acids is 1. The molecule has 0 radical (unpaired) electrons. The average molecular weight is 205 g/mol. The Kier molecular flexibility index (Phi) is 6.40. The highest BCUT2D eigenvalue weighted by molar-refractivity contribution is 7.99. The molecule has 0 bridgehead atoms. The van der Waals surface area contributed by atoms with E-state index in [2.05, 4.69) is 5.32 Å². The second kappa shape index (κ2) is 6.77. The Morgan fingerprint density at radius 1 is 1.54 bits per heavy atom. The molecule has 1 atom stereocenters. The standard InChI is InChI=1S/C8H15NO3S/c1-3-4-6(8(11)12)9-7(10)5-13-2/h6H,3-5H2,1-2H3,(H,9,10)(H,11,12)/t6-/m0/s1. The summed E-state index contributed by atoms with van der Waals surface area (Å²) >= 11 is 1.38. The van der Waals surface area contributed by atoms with E-state index < -0.39 is 12.0 Å². The Morgan fingerprint density at radius 3 is 2.54 bits per heavy atom.